The molecule has 0 bridgehead atoms. The SMILES string of the molecule is CN(/C=C(/C#N)C(=O)Nc1ccc(Br)cc1)Cc1ccccc1. The van der Waals surface area contributed by atoms with Crippen LogP contribution in [0.25, 0.3) is 0 Å². The van der Waals surface area contributed by atoms with Crippen molar-refractivity contribution >= 4 is 27.5 Å². The Labute approximate surface area is 144 Å². The van der Waals surface area contributed by atoms with Crippen LogP contribution in [0.2, 0.25) is 0 Å². The molecule has 0 heterocycles. The molecule has 2 aromatic rings. The minimum Gasteiger partial charge on any atom is -0.375 e. The summed E-state index contributed by atoms with van der Waals surface area (Å²) in [7, 11) is 1.83. The molecule has 23 heavy (non-hydrogen) atoms. The Kier molecular flexibility index (Phi) is 5.95. The van der Waals surface area contributed by atoms with Gasteiger partial charge in [-0.05, 0) is 29.8 Å². The molecule has 2 rings (SSSR count). The second-order valence-corrected chi connectivity index (χ2v) is 5.93. The number of amides is 1. The van der Waals surface area contributed by atoms with E-state index in [1.165, 1.54) is 0 Å². The Balaban J connectivity index is 2.04. The van der Waals surface area contributed by atoms with E-state index in [1.54, 1.807) is 18.3 Å². The summed E-state index contributed by atoms with van der Waals surface area (Å²) in [6.45, 7) is 0.623. The van der Waals surface area contributed by atoms with Crippen molar-refractivity contribution < 1.29 is 4.79 Å². The van der Waals surface area contributed by atoms with Crippen molar-refractivity contribution in [1.82, 2.24) is 4.90 Å². The van der Waals surface area contributed by atoms with Crippen LogP contribution >= 0.6 is 15.9 Å². The monoisotopic (exact) mass is 369 g/mol. The zero-order valence-electron chi connectivity index (χ0n) is 12.7. The number of nitrogens with one attached hydrogen (secondary N) is 1. The van der Waals surface area contributed by atoms with Gasteiger partial charge in [-0.1, -0.05) is 46.3 Å². The van der Waals surface area contributed by atoms with E-state index < -0.39 is 5.91 Å². The largest absolute Gasteiger partial charge is 0.375 e. The number of hydrogen-bond acceptors (Lipinski definition) is 3. The van der Waals surface area contributed by atoms with Crippen LogP contribution in [0, 0.1) is 11.3 Å². The minimum absolute atomic E-state index is 0.0614. The Hall–Kier alpha value is -2.58. The maximum Gasteiger partial charge on any atom is 0.267 e. The summed E-state index contributed by atoms with van der Waals surface area (Å²) < 4.78 is 0.925. The number of anilines is 1. The van der Waals surface area contributed by atoms with Gasteiger partial charge in [0, 0.05) is 30.0 Å². The Morgan fingerprint density at radius 1 is 1.22 bits per heavy atom. The number of rotatable bonds is 5. The zero-order valence-corrected chi connectivity index (χ0v) is 14.2. The highest BCUT2D eigenvalue weighted by Gasteiger charge is 2.10. The van der Waals surface area contributed by atoms with Crippen molar-refractivity contribution in [3.63, 3.8) is 0 Å². The van der Waals surface area contributed by atoms with Gasteiger partial charge in [0.1, 0.15) is 11.6 Å². The third-order valence-corrected chi connectivity index (χ3v) is 3.62. The Morgan fingerprint density at radius 3 is 2.48 bits per heavy atom. The first-order valence-corrected chi connectivity index (χ1v) is 7.81. The highest BCUT2D eigenvalue weighted by molar-refractivity contribution is 9.10. The van der Waals surface area contributed by atoms with E-state index in [0.717, 1.165) is 10.0 Å². The number of nitriles is 1. The van der Waals surface area contributed by atoms with Crippen LogP contribution in [0.1, 0.15) is 5.56 Å². The maximum absolute atomic E-state index is 12.2. The second-order valence-electron chi connectivity index (χ2n) is 5.02. The summed E-state index contributed by atoms with van der Waals surface area (Å²) in [6.07, 6.45) is 1.56. The fraction of sp³-hybridized carbons (Fsp3) is 0.111. The van der Waals surface area contributed by atoms with Crippen molar-refractivity contribution in [3.05, 3.63) is 76.4 Å². The van der Waals surface area contributed by atoms with E-state index in [-0.39, 0.29) is 5.57 Å². The molecule has 0 spiro atoms. The van der Waals surface area contributed by atoms with Gasteiger partial charge >= 0.3 is 0 Å². The Bertz CT molecular complexity index is 733. The van der Waals surface area contributed by atoms with Crippen LogP contribution in [0.3, 0.4) is 0 Å². The van der Waals surface area contributed by atoms with Crippen LogP contribution in [-0.2, 0) is 11.3 Å². The lowest BCUT2D eigenvalue weighted by atomic mass is 10.2. The molecule has 0 unspecified atom stereocenters. The van der Waals surface area contributed by atoms with Gasteiger partial charge in [0.05, 0.1) is 0 Å². The van der Waals surface area contributed by atoms with E-state index in [0.29, 0.717) is 12.2 Å². The van der Waals surface area contributed by atoms with Gasteiger partial charge in [-0.2, -0.15) is 5.26 Å². The average Bonchev–Trinajstić information content (AvgIpc) is 2.55. The quantitative estimate of drug-likeness (QED) is 0.641. The predicted molar refractivity (Wildman–Crippen MR) is 94.4 cm³/mol. The predicted octanol–water partition coefficient (Wildman–Crippen LogP) is 3.93. The number of carbonyl (C=O) groups excluding carboxylic acids is 1. The van der Waals surface area contributed by atoms with Crippen LogP contribution < -0.4 is 5.32 Å². The summed E-state index contributed by atoms with van der Waals surface area (Å²) in [5.74, 6) is -0.422. The molecule has 0 saturated carbocycles. The lowest BCUT2D eigenvalue weighted by Crippen LogP contribution is -2.18. The molecule has 116 valence electrons. The lowest BCUT2D eigenvalue weighted by molar-refractivity contribution is -0.112. The average molecular weight is 370 g/mol. The first-order chi connectivity index (χ1) is 11.1. The van der Waals surface area contributed by atoms with Gasteiger partial charge in [-0.3, -0.25) is 4.79 Å². The minimum atomic E-state index is -0.422. The number of hydrogen-bond donors (Lipinski definition) is 1. The molecule has 1 amide bonds. The van der Waals surface area contributed by atoms with Crippen molar-refractivity contribution in [1.29, 1.82) is 5.26 Å². The third kappa shape index (κ3) is 5.28. The Morgan fingerprint density at radius 2 is 1.87 bits per heavy atom. The van der Waals surface area contributed by atoms with Crippen molar-refractivity contribution in [2.24, 2.45) is 0 Å². The fourth-order valence-corrected chi connectivity index (χ4v) is 2.27. The molecule has 5 heteroatoms. The molecular weight excluding hydrogens is 354 g/mol. The van der Waals surface area contributed by atoms with Gasteiger partial charge in [-0.15, -0.1) is 0 Å². The molecule has 4 nitrogen and oxygen atoms in total. The summed E-state index contributed by atoms with van der Waals surface area (Å²) in [5.41, 5.74) is 1.81. The van der Waals surface area contributed by atoms with Crippen LogP contribution in [0.4, 0.5) is 5.69 Å². The highest BCUT2D eigenvalue weighted by Crippen LogP contribution is 2.15. The molecule has 0 saturated heterocycles. The van der Waals surface area contributed by atoms with Gasteiger partial charge < -0.3 is 10.2 Å². The zero-order chi connectivity index (χ0) is 16.7. The second kappa shape index (κ2) is 8.16. The molecule has 0 atom stereocenters. The summed E-state index contributed by atoms with van der Waals surface area (Å²) >= 11 is 3.34. The molecular formula is C18H16BrN3O. The summed E-state index contributed by atoms with van der Waals surface area (Å²) in [5, 5.41) is 11.9. The van der Waals surface area contributed by atoms with Crippen molar-refractivity contribution in [3.8, 4) is 6.07 Å². The molecule has 0 aliphatic heterocycles. The lowest BCUT2D eigenvalue weighted by Gasteiger charge is -2.15. The maximum atomic E-state index is 12.2. The van der Waals surface area contributed by atoms with Crippen molar-refractivity contribution in [2.75, 3.05) is 12.4 Å². The first-order valence-electron chi connectivity index (χ1n) is 7.01. The number of carbonyl (C=O) groups is 1. The molecule has 0 radical (unpaired) electrons. The third-order valence-electron chi connectivity index (χ3n) is 3.09. The molecule has 0 aromatic heterocycles. The standard InChI is InChI=1S/C18H16BrN3O/c1-22(12-14-5-3-2-4-6-14)13-15(11-20)18(23)21-17-9-7-16(19)8-10-17/h2-10,13H,12H2,1H3,(H,21,23)/b15-13-. The van der Waals surface area contributed by atoms with Crippen molar-refractivity contribution in [2.45, 2.75) is 6.54 Å². The van der Waals surface area contributed by atoms with Gasteiger partial charge in [0.25, 0.3) is 5.91 Å². The molecule has 2 aromatic carbocycles. The van der Waals surface area contributed by atoms with Crippen LogP contribution in [-0.4, -0.2) is 17.9 Å². The first kappa shape index (κ1) is 16.8. The van der Waals surface area contributed by atoms with Gasteiger partial charge in [0.2, 0.25) is 0 Å². The van der Waals surface area contributed by atoms with E-state index >= 15 is 0 Å². The van der Waals surface area contributed by atoms with E-state index in [1.807, 2.05) is 60.5 Å². The number of halogens is 1. The smallest absolute Gasteiger partial charge is 0.267 e. The normalized spacial score (nSPS) is 10.7. The van der Waals surface area contributed by atoms with Crippen LogP contribution in [0.15, 0.2) is 70.8 Å². The van der Waals surface area contributed by atoms with Gasteiger partial charge in [0.15, 0.2) is 0 Å². The van der Waals surface area contributed by atoms with E-state index in [9.17, 15) is 10.1 Å². The highest BCUT2D eigenvalue weighted by atomic mass is 79.9. The summed E-state index contributed by atoms with van der Waals surface area (Å²) in [4.78, 5) is 14.0. The fourth-order valence-electron chi connectivity index (χ4n) is 2.01. The molecule has 0 aliphatic carbocycles. The van der Waals surface area contributed by atoms with Gasteiger partial charge in [-0.25, -0.2) is 0 Å². The topological polar surface area (TPSA) is 56.1 Å². The molecule has 1 N–H and O–H groups in total. The summed E-state index contributed by atoms with van der Waals surface area (Å²) in [6, 6.07) is 19.0. The number of benzene rings is 2. The van der Waals surface area contributed by atoms with E-state index in [4.69, 9.17) is 0 Å². The molecule has 0 fully saturated rings. The molecule has 0 aliphatic rings. The van der Waals surface area contributed by atoms with Crippen LogP contribution in [0.5, 0.6) is 0 Å². The van der Waals surface area contributed by atoms with E-state index in [2.05, 4.69) is 21.2 Å². The number of nitrogens with zero attached hydrogens (tertiary/aromatic N) is 2.